The Bertz CT molecular complexity index is 1010. The van der Waals surface area contributed by atoms with Gasteiger partial charge >= 0.3 is 0 Å². The summed E-state index contributed by atoms with van der Waals surface area (Å²) >= 11 is 1.64. The van der Waals surface area contributed by atoms with Crippen molar-refractivity contribution >= 4 is 39.3 Å². The minimum absolute atomic E-state index is 0.0188. The summed E-state index contributed by atoms with van der Waals surface area (Å²) in [5.74, 6) is 0.373. The van der Waals surface area contributed by atoms with Gasteiger partial charge in [0.2, 0.25) is 21.8 Å². The van der Waals surface area contributed by atoms with Crippen molar-refractivity contribution in [1.29, 1.82) is 0 Å². The smallest absolute Gasteiger partial charge is 0.244 e. The number of hydrogen-bond donors (Lipinski definition) is 1. The van der Waals surface area contributed by atoms with Crippen LogP contribution < -0.4 is 10.2 Å². The lowest BCUT2D eigenvalue weighted by molar-refractivity contribution is -0.119. The molecule has 160 valence electrons. The molecule has 0 radical (unpaired) electrons. The number of nitrogens with one attached hydrogen (secondary N) is 1. The molecule has 0 bridgehead atoms. The monoisotopic (exact) mass is 447 g/mol. The van der Waals surface area contributed by atoms with Crippen molar-refractivity contribution in [2.75, 3.05) is 24.5 Å². The Morgan fingerprint density at radius 3 is 2.73 bits per heavy atom. The van der Waals surface area contributed by atoms with Gasteiger partial charge in [-0.15, -0.1) is 11.8 Å². The van der Waals surface area contributed by atoms with E-state index in [1.165, 1.54) is 6.08 Å². The Morgan fingerprint density at radius 2 is 2.03 bits per heavy atom. The van der Waals surface area contributed by atoms with Crippen LogP contribution in [-0.4, -0.2) is 54.8 Å². The van der Waals surface area contributed by atoms with Gasteiger partial charge in [-0.3, -0.25) is 9.59 Å². The van der Waals surface area contributed by atoms with E-state index in [1.54, 1.807) is 34.3 Å². The fourth-order valence-corrected chi connectivity index (χ4v) is 8.02. The van der Waals surface area contributed by atoms with Crippen molar-refractivity contribution in [1.82, 2.24) is 9.62 Å². The molecule has 1 aromatic rings. The molecule has 7 nitrogen and oxygen atoms in total. The number of nitrogens with zero attached hydrogens (tertiary/aromatic N) is 2. The molecule has 3 aliphatic heterocycles. The lowest BCUT2D eigenvalue weighted by Gasteiger charge is -2.20. The predicted octanol–water partition coefficient (Wildman–Crippen LogP) is 1.74. The zero-order valence-corrected chi connectivity index (χ0v) is 18.3. The van der Waals surface area contributed by atoms with E-state index in [0.29, 0.717) is 31.0 Å². The zero-order chi connectivity index (χ0) is 21.0. The van der Waals surface area contributed by atoms with Gasteiger partial charge in [-0.25, -0.2) is 8.42 Å². The molecular formula is C21H25N3O4S2. The van der Waals surface area contributed by atoms with Crippen molar-refractivity contribution in [2.45, 2.75) is 41.2 Å². The molecule has 9 heteroatoms. The summed E-state index contributed by atoms with van der Waals surface area (Å²) in [6.45, 7) is 5.04. The first-order valence-electron chi connectivity index (χ1n) is 10.4. The molecule has 1 saturated carbocycles. The third-order valence-corrected chi connectivity index (χ3v) is 9.82. The van der Waals surface area contributed by atoms with E-state index in [9.17, 15) is 18.0 Å². The highest BCUT2D eigenvalue weighted by Gasteiger charge is 2.46. The molecule has 30 heavy (non-hydrogen) atoms. The van der Waals surface area contributed by atoms with Gasteiger partial charge in [0.25, 0.3) is 0 Å². The minimum Gasteiger partial charge on any atom is -0.341 e. The fourth-order valence-electron chi connectivity index (χ4n) is 4.70. The first-order chi connectivity index (χ1) is 14.4. The normalized spacial score (nSPS) is 28.3. The first-order valence-corrected chi connectivity index (χ1v) is 12.8. The Hall–Kier alpha value is -1.84. The highest BCUT2D eigenvalue weighted by molar-refractivity contribution is 8.00. The number of thioether (sulfide) groups is 1. The summed E-state index contributed by atoms with van der Waals surface area (Å²) in [4.78, 5) is 26.1. The Kier molecular flexibility index (Phi) is 4.95. The molecule has 3 fully saturated rings. The second kappa shape index (κ2) is 7.39. The molecule has 3 unspecified atom stereocenters. The maximum Gasteiger partial charge on any atom is 0.244 e. The van der Waals surface area contributed by atoms with Crippen molar-refractivity contribution in [3.05, 3.63) is 36.4 Å². The van der Waals surface area contributed by atoms with Crippen LogP contribution in [0.25, 0.3) is 0 Å². The second-order valence-corrected chi connectivity index (χ2v) is 11.9. The molecular weight excluding hydrogens is 422 g/mol. The highest BCUT2D eigenvalue weighted by atomic mass is 32.2. The van der Waals surface area contributed by atoms with Crippen LogP contribution in [0.4, 0.5) is 5.69 Å². The SMILES string of the molecule is C=CC(=O)NC1CC2CN(S(=O)(=O)c3ccc4c(c3)CCN4C(=O)C3CC3)CC2S1. The average Bonchev–Trinajstić information content (AvgIpc) is 3.20. The molecule has 1 aromatic carbocycles. The highest BCUT2D eigenvalue weighted by Crippen LogP contribution is 2.44. The topological polar surface area (TPSA) is 86.8 Å². The molecule has 2 amide bonds. The fraction of sp³-hybridized carbons (Fsp3) is 0.524. The number of fused-ring (bicyclic) bond motifs is 2. The Labute approximate surface area is 180 Å². The number of anilines is 1. The molecule has 0 spiro atoms. The van der Waals surface area contributed by atoms with Crippen molar-refractivity contribution < 1.29 is 18.0 Å². The summed E-state index contributed by atoms with van der Waals surface area (Å²) < 4.78 is 28.1. The summed E-state index contributed by atoms with van der Waals surface area (Å²) in [6.07, 6.45) is 4.65. The number of rotatable bonds is 5. The van der Waals surface area contributed by atoms with E-state index < -0.39 is 10.0 Å². The number of sulfonamides is 1. The van der Waals surface area contributed by atoms with Gasteiger partial charge in [0.1, 0.15) is 0 Å². The molecule has 1 aliphatic carbocycles. The molecule has 0 aromatic heterocycles. The van der Waals surface area contributed by atoms with Gasteiger partial charge in [-0.05, 0) is 61.4 Å². The summed E-state index contributed by atoms with van der Waals surface area (Å²) in [7, 11) is -3.58. The quantitative estimate of drug-likeness (QED) is 0.695. The van der Waals surface area contributed by atoms with Gasteiger partial charge in [0.05, 0.1) is 10.3 Å². The summed E-state index contributed by atoms with van der Waals surface area (Å²) in [5, 5.41) is 3.11. The Morgan fingerprint density at radius 1 is 1.23 bits per heavy atom. The van der Waals surface area contributed by atoms with Crippen molar-refractivity contribution in [3.63, 3.8) is 0 Å². The Balaban J connectivity index is 1.28. The van der Waals surface area contributed by atoms with Gasteiger partial charge in [-0.2, -0.15) is 4.31 Å². The number of carbonyl (C=O) groups excluding carboxylic acids is 2. The molecule has 2 saturated heterocycles. The predicted molar refractivity (Wildman–Crippen MR) is 116 cm³/mol. The van der Waals surface area contributed by atoms with E-state index in [4.69, 9.17) is 0 Å². The second-order valence-electron chi connectivity index (χ2n) is 8.50. The van der Waals surface area contributed by atoms with E-state index in [2.05, 4.69) is 11.9 Å². The standard InChI is InChI=1S/C21H25N3O4S2/c1-2-19(25)22-20-10-15-11-23(12-18(15)29-20)30(27,28)16-5-6-17-14(9-16)7-8-24(17)21(26)13-3-4-13/h2,5-6,9,13,15,18,20H,1,3-4,7-8,10-12H2,(H,22,25). The molecule has 3 heterocycles. The van der Waals surface area contributed by atoms with Gasteiger partial charge < -0.3 is 10.2 Å². The summed E-state index contributed by atoms with van der Waals surface area (Å²) in [6, 6.07) is 5.18. The third kappa shape index (κ3) is 3.46. The van der Waals surface area contributed by atoms with E-state index in [-0.39, 0.29) is 34.3 Å². The van der Waals surface area contributed by atoms with Gasteiger partial charge in [0.15, 0.2) is 0 Å². The van der Waals surface area contributed by atoms with Crippen LogP contribution in [0.15, 0.2) is 35.7 Å². The van der Waals surface area contributed by atoms with Crippen LogP contribution in [0.3, 0.4) is 0 Å². The van der Waals surface area contributed by atoms with Crippen LogP contribution in [-0.2, 0) is 26.0 Å². The van der Waals surface area contributed by atoms with Gasteiger partial charge in [0, 0.05) is 36.5 Å². The van der Waals surface area contributed by atoms with Crippen LogP contribution in [0, 0.1) is 11.8 Å². The van der Waals surface area contributed by atoms with E-state index in [0.717, 1.165) is 30.5 Å². The van der Waals surface area contributed by atoms with Crippen molar-refractivity contribution in [2.24, 2.45) is 11.8 Å². The molecule has 3 atom stereocenters. The lowest BCUT2D eigenvalue weighted by Crippen LogP contribution is -2.33. The average molecular weight is 448 g/mol. The van der Waals surface area contributed by atoms with Crippen LogP contribution in [0.2, 0.25) is 0 Å². The largest absolute Gasteiger partial charge is 0.341 e. The maximum atomic E-state index is 13.3. The minimum atomic E-state index is -3.58. The first kappa shape index (κ1) is 20.1. The van der Waals surface area contributed by atoms with Crippen molar-refractivity contribution in [3.8, 4) is 0 Å². The zero-order valence-electron chi connectivity index (χ0n) is 16.6. The number of amides is 2. The lowest BCUT2D eigenvalue weighted by atomic mass is 10.1. The molecule has 5 rings (SSSR count). The van der Waals surface area contributed by atoms with E-state index in [1.807, 2.05) is 4.90 Å². The number of hydrogen-bond acceptors (Lipinski definition) is 5. The summed E-state index contributed by atoms with van der Waals surface area (Å²) in [5.41, 5.74) is 1.80. The third-order valence-electron chi connectivity index (χ3n) is 6.47. The number of benzene rings is 1. The van der Waals surface area contributed by atoms with Crippen LogP contribution in [0.5, 0.6) is 0 Å². The van der Waals surface area contributed by atoms with Crippen LogP contribution >= 0.6 is 11.8 Å². The molecule has 1 N–H and O–H groups in total. The van der Waals surface area contributed by atoms with E-state index >= 15 is 0 Å². The molecule has 4 aliphatic rings. The van der Waals surface area contributed by atoms with Gasteiger partial charge in [-0.1, -0.05) is 6.58 Å². The maximum absolute atomic E-state index is 13.3. The van der Waals surface area contributed by atoms with Crippen LogP contribution in [0.1, 0.15) is 24.8 Å². The number of carbonyl (C=O) groups is 2.